The van der Waals surface area contributed by atoms with Crippen LogP contribution in [0.3, 0.4) is 0 Å². The van der Waals surface area contributed by atoms with Crippen LogP contribution in [0, 0.1) is 0 Å². The summed E-state index contributed by atoms with van der Waals surface area (Å²) in [5.41, 5.74) is 8.60. The Morgan fingerprint density at radius 2 is 1.94 bits per heavy atom. The van der Waals surface area contributed by atoms with Crippen LogP contribution in [0.4, 0.5) is 0 Å². The van der Waals surface area contributed by atoms with E-state index in [1.54, 1.807) is 0 Å². The highest BCUT2D eigenvalue weighted by Gasteiger charge is 2.23. The summed E-state index contributed by atoms with van der Waals surface area (Å²) in [6.45, 7) is 3.81. The number of aromatic nitrogens is 2. The molecule has 0 bridgehead atoms. The van der Waals surface area contributed by atoms with E-state index in [9.17, 15) is 0 Å². The summed E-state index contributed by atoms with van der Waals surface area (Å²) in [7, 11) is 0. The zero-order chi connectivity index (χ0) is 12.0. The molecule has 3 aromatic rings. The lowest BCUT2D eigenvalue weighted by Crippen LogP contribution is -2.30. The van der Waals surface area contributed by atoms with Crippen LogP contribution in [-0.4, -0.2) is 9.97 Å². The highest BCUT2D eigenvalue weighted by molar-refractivity contribution is 6.02. The zero-order valence-corrected chi connectivity index (χ0v) is 9.77. The van der Waals surface area contributed by atoms with E-state index >= 15 is 0 Å². The molecule has 0 spiro atoms. The molecule has 86 valence electrons. The van der Waals surface area contributed by atoms with E-state index in [4.69, 9.17) is 10.2 Å². The smallest absolute Gasteiger partial charge is 0.177 e. The van der Waals surface area contributed by atoms with Crippen molar-refractivity contribution < 1.29 is 4.42 Å². The summed E-state index contributed by atoms with van der Waals surface area (Å²) >= 11 is 0. The molecule has 2 aromatic heterocycles. The molecule has 0 aliphatic heterocycles. The van der Waals surface area contributed by atoms with Crippen molar-refractivity contribution >= 4 is 22.1 Å². The van der Waals surface area contributed by atoms with Crippen molar-refractivity contribution in [2.45, 2.75) is 19.4 Å². The minimum atomic E-state index is -0.547. The minimum Gasteiger partial charge on any atom is -0.452 e. The molecule has 4 nitrogen and oxygen atoms in total. The molecule has 2 heterocycles. The van der Waals surface area contributed by atoms with Crippen molar-refractivity contribution in [1.82, 2.24) is 9.97 Å². The Bertz CT molecular complexity index is 695. The molecule has 0 atom stereocenters. The molecular weight excluding hydrogens is 214 g/mol. The second-order valence-corrected chi connectivity index (χ2v) is 4.72. The van der Waals surface area contributed by atoms with Crippen LogP contribution in [0.1, 0.15) is 19.5 Å². The number of nitrogens with two attached hydrogens (primary N) is 1. The number of hydrogen-bond donors (Lipinski definition) is 1. The number of hydrogen-bond acceptors (Lipinski definition) is 4. The quantitative estimate of drug-likeness (QED) is 0.693. The van der Waals surface area contributed by atoms with Crippen molar-refractivity contribution in [3.63, 3.8) is 0 Å². The Morgan fingerprint density at radius 3 is 2.71 bits per heavy atom. The third-order valence-electron chi connectivity index (χ3n) is 2.77. The lowest BCUT2D eigenvalue weighted by Gasteiger charge is -2.16. The standard InChI is InChI=1S/C13H13N3O/c1-13(2,14)12-11-10(15-7-16-12)8-5-3-4-6-9(8)17-11/h3-7H,14H2,1-2H3. The molecule has 0 radical (unpaired) electrons. The van der Waals surface area contributed by atoms with Crippen LogP contribution in [0.2, 0.25) is 0 Å². The van der Waals surface area contributed by atoms with Crippen LogP contribution in [0.5, 0.6) is 0 Å². The van der Waals surface area contributed by atoms with Gasteiger partial charge in [-0.25, -0.2) is 9.97 Å². The molecule has 0 saturated heterocycles. The first-order valence-electron chi connectivity index (χ1n) is 5.49. The van der Waals surface area contributed by atoms with Gasteiger partial charge in [-0.05, 0) is 26.0 Å². The first kappa shape index (κ1) is 10.2. The van der Waals surface area contributed by atoms with Crippen molar-refractivity contribution in [2.75, 3.05) is 0 Å². The summed E-state index contributed by atoms with van der Waals surface area (Å²) < 4.78 is 5.81. The molecule has 4 heteroatoms. The van der Waals surface area contributed by atoms with Crippen LogP contribution >= 0.6 is 0 Å². The van der Waals surface area contributed by atoms with Gasteiger partial charge in [-0.2, -0.15) is 0 Å². The first-order valence-corrected chi connectivity index (χ1v) is 5.49. The highest BCUT2D eigenvalue weighted by Crippen LogP contribution is 2.31. The number of nitrogens with zero attached hydrogens (tertiary/aromatic N) is 2. The molecule has 2 N–H and O–H groups in total. The van der Waals surface area contributed by atoms with Gasteiger partial charge in [0.05, 0.1) is 5.54 Å². The van der Waals surface area contributed by atoms with E-state index in [0.29, 0.717) is 5.58 Å². The summed E-state index contributed by atoms with van der Waals surface area (Å²) in [6.07, 6.45) is 1.54. The first-order chi connectivity index (χ1) is 8.07. The lowest BCUT2D eigenvalue weighted by molar-refractivity contribution is 0.523. The summed E-state index contributed by atoms with van der Waals surface area (Å²) in [6, 6.07) is 7.81. The zero-order valence-electron chi connectivity index (χ0n) is 9.77. The maximum atomic E-state index is 6.09. The maximum Gasteiger partial charge on any atom is 0.177 e. The van der Waals surface area contributed by atoms with E-state index in [1.165, 1.54) is 6.33 Å². The van der Waals surface area contributed by atoms with Gasteiger partial charge in [0.1, 0.15) is 23.1 Å². The van der Waals surface area contributed by atoms with E-state index in [1.807, 2.05) is 38.1 Å². The normalized spacial score (nSPS) is 12.4. The van der Waals surface area contributed by atoms with Gasteiger partial charge in [-0.15, -0.1) is 0 Å². The summed E-state index contributed by atoms with van der Waals surface area (Å²) in [4.78, 5) is 8.53. The minimum absolute atomic E-state index is 0.547. The van der Waals surface area contributed by atoms with Gasteiger partial charge in [0.25, 0.3) is 0 Å². The second kappa shape index (κ2) is 3.28. The number of fused-ring (bicyclic) bond motifs is 3. The van der Waals surface area contributed by atoms with Crippen molar-refractivity contribution in [2.24, 2.45) is 5.73 Å². The summed E-state index contributed by atoms with van der Waals surface area (Å²) in [5.74, 6) is 0. The van der Waals surface area contributed by atoms with Gasteiger partial charge >= 0.3 is 0 Å². The Kier molecular flexibility index (Phi) is 1.97. The largest absolute Gasteiger partial charge is 0.452 e. The van der Waals surface area contributed by atoms with Gasteiger partial charge < -0.3 is 10.2 Å². The Balaban J connectivity index is 2.48. The molecule has 1 aromatic carbocycles. The molecule has 0 saturated carbocycles. The van der Waals surface area contributed by atoms with E-state index in [2.05, 4.69) is 9.97 Å². The number of rotatable bonds is 1. The fourth-order valence-electron chi connectivity index (χ4n) is 1.98. The predicted molar refractivity (Wildman–Crippen MR) is 66.5 cm³/mol. The van der Waals surface area contributed by atoms with Crippen molar-refractivity contribution in [3.05, 3.63) is 36.3 Å². The van der Waals surface area contributed by atoms with E-state index in [-0.39, 0.29) is 0 Å². The fourth-order valence-corrected chi connectivity index (χ4v) is 1.98. The van der Waals surface area contributed by atoms with Crippen LogP contribution < -0.4 is 5.73 Å². The van der Waals surface area contributed by atoms with Gasteiger partial charge in [0, 0.05) is 5.39 Å². The summed E-state index contributed by atoms with van der Waals surface area (Å²) in [5, 5.41) is 0.996. The number of furan rings is 1. The molecular formula is C13H13N3O. The second-order valence-electron chi connectivity index (χ2n) is 4.72. The van der Waals surface area contributed by atoms with E-state index < -0.39 is 5.54 Å². The van der Waals surface area contributed by atoms with Crippen molar-refractivity contribution in [1.29, 1.82) is 0 Å². The maximum absolute atomic E-state index is 6.09. The molecule has 17 heavy (non-hydrogen) atoms. The topological polar surface area (TPSA) is 64.9 Å². The fraction of sp³-hybridized carbons (Fsp3) is 0.231. The predicted octanol–water partition coefficient (Wildman–Crippen LogP) is 2.57. The van der Waals surface area contributed by atoms with Crippen LogP contribution in [-0.2, 0) is 5.54 Å². The molecule has 0 aliphatic carbocycles. The lowest BCUT2D eigenvalue weighted by atomic mass is 10.0. The molecule has 3 rings (SSSR count). The Labute approximate surface area is 98.5 Å². The molecule has 0 aliphatic rings. The van der Waals surface area contributed by atoms with Gasteiger partial charge in [-0.3, -0.25) is 0 Å². The van der Waals surface area contributed by atoms with Gasteiger partial charge in [0.2, 0.25) is 0 Å². The van der Waals surface area contributed by atoms with E-state index in [0.717, 1.165) is 22.2 Å². The van der Waals surface area contributed by atoms with Gasteiger partial charge in [-0.1, -0.05) is 12.1 Å². The average Bonchev–Trinajstić information content (AvgIpc) is 2.65. The molecule has 0 fully saturated rings. The third kappa shape index (κ3) is 1.49. The number of benzene rings is 1. The van der Waals surface area contributed by atoms with Gasteiger partial charge in [0.15, 0.2) is 5.58 Å². The van der Waals surface area contributed by atoms with Crippen LogP contribution in [0.25, 0.3) is 22.1 Å². The average molecular weight is 227 g/mol. The monoisotopic (exact) mass is 227 g/mol. The number of para-hydroxylation sites is 1. The Morgan fingerprint density at radius 1 is 1.18 bits per heavy atom. The molecule has 0 unspecified atom stereocenters. The SMILES string of the molecule is CC(C)(N)c1ncnc2c1oc1ccccc12. The van der Waals surface area contributed by atoms with Crippen molar-refractivity contribution in [3.8, 4) is 0 Å². The Hall–Kier alpha value is -1.94. The highest BCUT2D eigenvalue weighted by atomic mass is 16.3. The molecule has 0 amide bonds. The third-order valence-corrected chi connectivity index (χ3v) is 2.77. The van der Waals surface area contributed by atoms with Crippen LogP contribution in [0.15, 0.2) is 35.0 Å².